The molecule has 0 aromatic rings. The Balaban J connectivity index is 2.70. The van der Waals surface area contributed by atoms with E-state index in [4.69, 9.17) is 0 Å². The monoisotopic (exact) mass is 258 g/mol. The average Bonchev–Trinajstić information content (AvgIpc) is 2.37. The van der Waals surface area contributed by atoms with E-state index in [-0.39, 0.29) is 0 Å². The second-order valence-corrected chi connectivity index (χ2v) is 11.3. The van der Waals surface area contributed by atoms with Crippen LogP contribution in [0.1, 0.15) is 78.6 Å². The molecule has 1 aliphatic rings. The van der Waals surface area contributed by atoms with Crippen LogP contribution in [0.2, 0.25) is 0 Å². The summed E-state index contributed by atoms with van der Waals surface area (Å²) in [4.78, 5) is 0. The number of hydrogen-bond acceptors (Lipinski definition) is 0. The van der Waals surface area contributed by atoms with E-state index >= 15 is 0 Å². The van der Waals surface area contributed by atoms with Gasteiger partial charge in [0.15, 0.2) is 0 Å². The summed E-state index contributed by atoms with van der Waals surface area (Å²) < 4.78 is 0. The molecule has 1 saturated carbocycles. The molecule has 0 amide bonds. The summed E-state index contributed by atoms with van der Waals surface area (Å²) >= 11 is 0. The normalized spacial score (nSPS) is 19.5. The Morgan fingerprint density at radius 1 is 0.765 bits per heavy atom. The van der Waals surface area contributed by atoms with Crippen LogP contribution in [-0.2, 0) is 0 Å². The number of hydrogen-bond donors (Lipinski definition) is 0. The van der Waals surface area contributed by atoms with Gasteiger partial charge >= 0.3 is 110 Å². The summed E-state index contributed by atoms with van der Waals surface area (Å²) in [6.45, 7) is 7.22. The van der Waals surface area contributed by atoms with Crippen molar-refractivity contribution in [2.75, 3.05) is 18.5 Å². The van der Waals surface area contributed by atoms with Gasteiger partial charge in [0.05, 0.1) is 0 Å². The van der Waals surface area contributed by atoms with Crippen molar-refractivity contribution in [3.05, 3.63) is 0 Å². The molecule has 1 rings (SSSR count). The van der Waals surface area contributed by atoms with Gasteiger partial charge in [-0.3, -0.25) is 0 Å². The number of unbranched alkanes of at least 4 members (excludes halogenated alkanes) is 1. The molecule has 1 aliphatic carbocycles. The van der Waals surface area contributed by atoms with Crippen LogP contribution < -0.4 is 0 Å². The van der Waals surface area contributed by atoms with Crippen LogP contribution in [0.5, 0.6) is 0 Å². The molecule has 104 valence electrons. The Bertz CT molecular complexity index is 176. The van der Waals surface area contributed by atoms with Gasteiger partial charge in [0.1, 0.15) is 0 Å². The van der Waals surface area contributed by atoms with E-state index in [1.807, 2.05) is 0 Å². The second kappa shape index (κ2) is 8.52. The molecule has 0 bridgehead atoms. The minimum absolute atomic E-state index is 0.916. The third kappa shape index (κ3) is 4.55. The Hall–Kier alpha value is 0.430. The molecule has 0 spiro atoms. The molecule has 0 heterocycles. The van der Waals surface area contributed by atoms with Crippen molar-refractivity contribution in [2.24, 2.45) is 0 Å². The van der Waals surface area contributed by atoms with Crippen molar-refractivity contribution in [2.45, 2.75) is 84.2 Å². The van der Waals surface area contributed by atoms with Gasteiger partial charge in [0.2, 0.25) is 0 Å². The molecule has 0 aromatic carbocycles. The first-order chi connectivity index (χ1) is 8.29. The molecule has 1 fully saturated rings. The predicted molar refractivity (Wildman–Crippen MR) is 85.3 cm³/mol. The summed E-state index contributed by atoms with van der Waals surface area (Å²) in [6, 6.07) is 0. The van der Waals surface area contributed by atoms with E-state index in [0.717, 1.165) is 0 Å². The molecule has 0 N–H and O–H groups in total. The van der Waals surface area contributed by atoms with Gasteiger partial charge in [0, 0.05) is 0 Å². The molecule has 0 aromatic heterocycles. The van der Waals surface area contributed by atoms with Crippen molar-refractivity contribution in [1.29, 1.82) is 0 Å². The Morgan fingerprint density at radius 2 is 1.35 bits per heavy atom. The van der Waals surface area contributed by atoms with Gasteiger partial charge in [-0.25, -0.2) is 0 Å². The Kier molecular flexibility index (Phi) is 7.76. The summed E-state index contributed by atoms with van der Waals surface area (Å²) in [5, 5.41) is 0. The van der Waals surface area contributed by atoms with Crippen molar-refractivity contribution in [1.82, 2.24) is 0 Å². The molecular formula is C16H35P. The molecule has 0 aliphatic heterocycles. The predicted octanol–water partition coefficient (Wildman–Crippen LogP) is 5.69. The van der Waals surface area contributed by atoms with Crippen molar-refractivity contribution < 1.29 is 0 Å². The van der Waals surface area contributed by atoms with Gasteiger partial charge in [-0.2, -0.15) is 0 Å². The molecule has 0 nitrogen and oxygen atoms in total. The first kappa shape index (κ1) is 15.5. The van der Waals surface area contributed by atoms with Crippen LogP contribution in [0, 0.1) is 0 Å². The Morgan fingerprint density at radius 3 is 1.82 bits per heavy atom. The van der Waals surface area contributed by atoms with Gasteiger partial charge in [-0.15, -0.1) is 0 Å². The van der Waals surface area contributed by atoms with Gasteiger partial charge in [-0.05, 0) is 0 Å². The van der Waals surface area contributed by atoms with Gasteiger partial charge < -0.3 is 0 Å². The summed E-state index contributed by atoms with van der Waals surface area (Å²) in [5.41, 5.74) is 1.20. The third-order valence-electron chi connectivity index (χ3n) is 5.00. The fraction of sp³-hybridized carbons (Fsp3) is 1.00. The van der Waals surface area contributed by atoms with E-state index in [1.54, 1.807) is 44.2 Å². The molecule has 0 unspecified atom stereocenters. The van der Waals surface area contributed by atoms with Crippen LogP contribution in [0.3, 0.4) is 0 Å². The van der Waals surface area contributed by atoms with Crippen LogP contribution in [0.25, 0.3) is 0 Å². The molecule has 0 atom stereocenters. The average molecular weight is 258 g/mol. The fourth-order valence-corrected chi connectivity index (χ4v) is 10.9. The van der Waals surface area contributed by atoms with Crippen molar-refractivity contribution in [3.8, 4) is 0 Å². The SMILES string of the molecule is CCCC[PH](CCC)(CCC)C1CCCCC1. The zero-order valence-corrected chi connectivity index (χ0v) is 13.6. The molecular weight excluding hydrogens is 223 g/mol. The quantitative estimate of drug-likeness (QED) is 0.491. The maximum absolute atomic E-state index is 2.42. The van der Waals surface area contributed by atoms with Crippen LogP contribution in [0.4, 0.5) is 0 Å². The van der Waals surface area contributed by atoms with E-state index < -0.39 is 7.26 Å². The second-order valence-electron chi connectivity index (χ2n) is 6.30. The number of rotatable bonds is 8. The van der Waals surface area contributed by atoms with Crippen LogP contribution in [-0.4, -0.2) is 24.1 Å². The first-order valence-corrected chi connectivity index (χ1v) is 11.0. The van der Waals surface area contributed by atoms with E-state index in [0.29, 0.717) is 0 Å². The zero-order valence-electron chi connectivity index (χ0n) is 12.6. The maximum atomic E-state index is 2.42. The van der Waals surface area contributed by atoms with E-state index in [9.17, 15) is 0 Å². The summed E-state index contributed by atoms with van der Waals surface area (Å²) in [5.74, 6) is 0. The van der Waals surface area contributed by atoms with Crippen molar-refractivity contribution in [3.63, 3.8) is 0 Å². The molecule has 0 radical (unpaired) electrons. The standard InChI is InChI=1S/C16H35P/c1-4-7-15-17(13-5-2,14-6-3)16-11-9-8-10-12-16/h16-17H,4-15H2,1-3H3. The third-order valence-corrected chi connectivity index (χ3v) is 11.6. The minimum atomic E-state index is -0.916. The van der Waals surface area contributed by atoms with Crippen LogP contribution >= 0.6 is 7.26 Å². The van der Waals surface area contributed by atoms with E-state index in [2.05, 4.69) is 20.8 Å². The van der Waals surface area contributed by atoms with Crippen molar-refractivity contribution >= 4 is 7.26 Å². The molecule has 1 heteroatoms. The summed E-state index contributed by atoms with van der Waals surface area (Å²) in [6.07, 6.45) is 18.5. The van der Waals surface area contributed by atoms with Gasteiger partial charge in [0.25, 0.3) is 0 Å². The fourth-order valence-electron chi connectivity index (χ4n) is 4.23. The summed E-state index contributed by atoms with van der Waals surface area (Å²) in [7, 11) is -0.916. The topological polar surface area (TPSA) is 0 Å². The van der Waals surface area contributed by atoms with Crippen LogP contribution in [0.15, 0.2) is 0 Å². The van der Waals surface area contributed by atoms with E-state index in [1.165, 1.54) is 37.8 Å². The first-order valence-electron chi connectivity index (χ1n) is 8.29. The zero-order chi connectivity index (χ0) is 12.6. The molecule has 17 heavy (non-hydrogen) atoms. The van der Waals surface area contributed by atoms with Gasteiger partial charge in [-0.1, -0.05) is 0 Å². The molecule has 0 saturated heterocycles. The Labute approximate surface area is 110 Å².